The number of hydrogen-bond acceptors (Lipinski definition) is 5. The number of carbonyl (C=O) groups is 2. The van der Waals surface area contributed by atoms with Crippen LogP contribution in [0.15, 0.2) is 60.3 Å². The highest BCUT2D eigenvalue weighted by Gasteiger charge is 2.16. The van der Waals surface area contributed by atoms with E-state index in [4.69, 9.17) is 16.3 Å². The minimum Gasteiger partial charge on any atom is -0.462 e. The molecule has 0 aliphatic heterocycles. The van der Waals surface area contributed by atoms with Crippen molar-refractivity contribution in [3.05, 3.63) is 76.5 Å². The molecule has 0 fully saturated rings. The Bertz CT molecular complexity index is 903. The summed E-state index contributed by atoms with van der Waals surface area (Å²) in [5.41, 5.74) is 1.18. The van der Waals surface area contributed by atoms with Gasteiger partial charge in [0.15, 0.2) is 0 Å². The van der Waals surface area contributed by atoms with E-state index in [0.29, 0.717) is 11.6 Å². The third-order valence-corrected chi connectivity index (χ3v) is 3.90. The lowest BCUT2D eigenvalue weighted by Crippen LogP contribution is -2.19. The normalized spacial score (nSPS) is 10.6. The zero-order valence-electron chi connectivity index (χ0n) is 14.7. The van der Waals surface area contributed by atoms with Crippen LogP contribution in [0.4, 0.5) is 5.69 Å². The van der Waals surface area contributed by atoms with Gasteiger partial charge in [-0.2, -0.15) is 5.26 Å². The molecule has 6 nitrogen and oxygen atoms in total. The zero-order chi connectivity index (χ0) is 19.6. The number of ether oxygens (including phenoxy) is 1. The molecule has 2 aromatic carbocycles. The Kier molecular flexibility index (Phi) is 7.41. The molecule has 27 heavy (non-hydrogen) atoms. The molecule has 1 amide bonds. The van der Waals surface area contributed by atoms with Gasteiger partial charge in [0.05, 0.1) is 17.9 Å². The van der Waals surface area contributed by atoms with Gasteiger partial charge >= 0.3 is 5.97 Å². The van der Waals surface area contributed by atoms with E-state index in [1.807, 2.05) is 24.3 Å². The summed E-state index contributed by atoms with van der Waals surface area (Å²) in [6.07, 6.45) is 1.31. The van der Waals surface area contributed by atoms with Crippen LogP contribution in [0.5, 0.6) is 0 Å². The first-order valence-electron chi connectivity index (χ1n) is 8.21. The predicted molar refractivity (Wildman–Crippen MR) is 103 cm³/mol. The van der Waals surface area contributed by atoms with Crippen LogP contribution in [-0.4, -0.2) is 18.5 Å². The van der Waals surface area contributed by atoms with Crippen molar-refractivity contribution in [2.45, 2.75) is 13.5 Å². The van der Waals surface area contributed by atoms with Crippen LogP contribution in [0.1, 0.15) is 22.8 Å². The first kappa shape index (κ1) is 20.0. The Morgan fingerprint density at radius 2 is 1.89 bits per heavy atom. The van der Waals surface area contributed by atoms with Gasteiger partial charge in [-0.05, 0) is 30.7 Å². The lowest BCUT2D eigenvalue weighted by Gasteiger charge is -2.10. The lowest BCUT2D eigenvalue weighted by atomic mass is 10.1. The number of nitrogens with zero attached hydrogens (tertiary/aromatic N) is 1. The molecule has 0 aromatic heterocycles. The molecule has 0 bridgehead atoms. The number of hydrogen-bond donors (Lipinski definition) is 2. The van der Waals surface area contributed by atoms with E-state index in [0.717, 1.165) is 5.56 Å². The van der Waals surface area contributed by atoms with Crippen molar-refractivity contribution in [3.63, 3.8) is 0 Å². The molecule has 2 rings (SSSR count). The second kappa shape index (κ2) is 10.00. The number of nitrogens with one attached hydrogen (secondary N) is 2. The average Bonchev–Trinajstić information content (AvgIpc) is 2.67. The highest BCUT2D eigenvalue weighted by atomic mass is 35.5. The Hall–Kier alpha value is -3.30. The molecule has 0 radical (unpaired) electrons. The summed E-state index contributed by atoms with van der Waals surface area (Å²) >= 11 is 6.07. The number of halogens is 1. The topological polar surface area (TPSA) is 91.2 Å². The van der Waals surface area contributed by atoms with Crippen LogP contribution < -0.4 is 10.6 Å². The van der Waals surface area contributed by atoms with Crippen molar-refractivity contribution >= 4 is 29.2 Å². The number of nitriles is 1. The van der Waals surface area contributed by atoms with E-state index in [2.05, 4.69) is 10.6 Å². The van der Waals surface area contributed by atoms with Crippen molar-refractivity contribution in [2.75, 3.05) is 11.9 Å². The Morgan fingerprint density at radius 1 is 1.19 bits per heavy atom. The monoisotopic (exact) mass is 383 g/mol. The summed E-state index contributed by atoms with van der Waals surface area (Å²) in [7, 11) is 0. The smallest absolute Gasteiger partial charge is 0.340 e. The number of esters is 1. The molecule has 2 aromatic rings. The number of rotatable bonds is 7. The summed E-state index contributed by atoms with van der Waals surface area (Å²) in [6.45, 7) is 2.27. The van der Waals surface area contributed by atoms with E-state index in [9.17, 15) is 14.9 Å². The molecule has 7 heteroatoms. The van der Waals surface area contributed by atoms with Gasteiger partial charge in [-0.1, -0.05) is 41.9 Å². The van der Waals surface area contributed by atoms with Crippen molar-refractivity contribution in [1.82, 2.24) is 5.32 Å². The van der Waals surface area contributed by atoms with Gasteiger partial charge in [0.2, 0.25) is 0 Å². The Morgan fingerprint density at radius 3 is 2.59 bits per heavy atom. The summed E-state index contributed by atoms with van der Waals surface area (Å²) in [5.74, 6) is -1.19. The third-order valence-electron chi connectivity index (χ3n) is 3.53. The van der Waals surface area contributed by atoms with Gasteiger partial charge in [-0.15, -0.1) is 0 Å². The molecule has 2 N–H and O–H groups in total. The fraction of sp³-hybridized carbons (Fsp3) is 0.150. The quantitative estimate of drug-likeness (QED) is 0.432. The molecule has 0 spiro atoms. The fourth-order valence-corrected chi connectivity index (χ4v) is 2.42. The van der Waals surface area contributed by atoms with Gasteiger partial charge in [0.25, 0.3) is 5.91 Å². The summed E-state index contributed by atoms with van der Waals surface area (Å²) < 4.78 is 4.97. The maximum absolute atomic E-state index is 12.4. The molecule has 0 aliphatic carbocycles. The molecule has 0 saturated heterocycles. The third kappa shape index (κ3) is 5.59. The summed E-state index contributed by atoms with van der Waals surface area (Å²) in [6, 6.07) is 15.5. The summed E-state index contributed by atoms with van der Waals surface area (Å²) in [5, 5.41) is 15.3. The molecule has 138 valence electrons. The van der Waals surface area contributed by atoms with E-state index >= 15 is 0 Å². The number of anilines is 1. The average molecular weight is 384 g/mol. The van der Waals surface area contributed by atoms with Crippen LogP contribution in [0.25, 0.3) is 0 Å². The van der Waals surface area contributed by atoms with Crippen molar-refractivity contribution in [3.8, 4) is 6.07 Å². The van der Waals surface area contributed by atoms with E-state index in [-0.39, 0.29) is 23.4 Å². The van der Waals surface area contributed by atoms with Gasteiger partial charge in [0, 0.05) is 17.8 Å². The first-order valence-corrected chi connectivity index (χ1v) is 8.59. The van der Waals surface area contributed by atoms with Crippen molar-refractivity contribution in [1.29, 1.82) is 5.26 Å². The van der Waals surface area contributed by atoms with Gasteiger partial charge in [-0.25, -0.2) is 4.79 Å². The van der Waals surface area contributed by atoms with E-state index in [1.165, 1.54) is 6.20 Å². The number of carbonyl (C=O) groups excluding carboxylic acids is 2. The largest absolute Gasteiger partial charge is 0.462 e. The SMILES string of the molecule is CCOC(=O)c1ccccc1NC(=O)/C(C#N)=C\NCc1ccccc1Cl. The van der Waals surface area contributed by atoms with Crippen LogP contribution in [0.3, 0.4) is 0 Å². The zero-order valence-corrected chi connectivity index (χ0v) is 15.4. The minimum absolute atomic E-state index is 0.138. The Labute approximate surface area is 162 Å². The number of benzene rings is 2. The molecular weight excluding hydrogens is 366 g/mol. The molecule has 0 atom stereocenters. The first-order chi connectivity index (χ1) is 13.1. The van der Waals surface area contributed by atoms with E-state index in [1.54, 1.807) is 37.3 Å². The highest BCUT2D eigenvalue weighted by molar-refractivity contribution is 6.31. The fourth-order valence-electron chi connectivity index (χ4n) is 2.22. The molecule has 0 heterocycles. The maximum atomic E-state index is 12.4. The van der Waals surface area contributed by atoms with Gasteiger partial charge < -0.3 is 15.4 Å². The van der Waals surface area contributed by atoms with E-state index < -0.39 is 11.9 Å². The van der Waals surface area contributed by atoms with Crippen LogP contribution in [0.2, 0.25) is 5.02 Å². The van der Waals surface area contributed by atoms with Crippen molar-refractivity contribution < 1.29 is 14.3 Å². The second-order valence-corrected chi connectivity index (χ2v) is 5.77. The van der Waals surface area contributed by atoms with Crippen LogP contribution in [-0.2, 0) is 16.1 Å². The Balaban J connectivity index is 2.08. The second-order valence-electron chi connectivity index (χ2n) is 5.36. The number of amides is 1. The predicted octanol–water partition coefficient (Wildman–Crippen LogP) is 3.65. The van der Waals surface area contributed by atoms with Crippen molar-refractivity contribution in [2.24, 2.45) is 0 Å². The lowest BCUT2D eigenvalue weighted by molar-refractivity contribution is -0.112. The maximum Gasteiger partial charge on any atom is 0.340 e. The van der Waals surface area contributed by atoms with Gasteiger partial charge in [0.1, 0.15) is 11.6 Å². The summed E-state index contributed by atoms with van der Waals surface area (Å²) in [4.78, 5) is 24.3. The molecule has 0 unspecified atom stereocenters. The van der Waals surface area contributed by atoms with Crippen LogP contribution in [0, 0.1) is 11.3 Å². The van der Waals surface area contributed by atoms with Crippen LogP contribution >= 0.6 is 11.6 Å². The highest BCUT2D eigenvalue weighted by Crippen LogP contribution is 2.17. The molecular formula is C20H18ClN3O3. The van der Waals surface area contributed by atoms with Gasteiger partial charge in [-0.3, -0.25) is 4.79 Å². The molecule has 0 aliphatic rings. The molecule has 0 saturated carbocycles. The minimum atomic E-state index is -0.638. The standard InChI is InChI=1S/C20H18ClN3O3/c1-2-27-20(26)16-8-4-6-10-18(16)24-19(25)15(11-22)13-23-12-14-7-3-5-9-17(14)21/h3-10,13,23H,2,12H2,1H3,(H,24,25)/b15-13-. The number of para-hydroxylation sites is 1.